The highest BCUT2D eigenvalue weighted by Gasteiger charge is 2.05. The first-order valence-corrected chi connectivity index (χ1v) is 7.19. The Morgan fingerprint density at radius 3 is 2.74 bits per heavy atom. The van der Waals surface area contributed by atoms with Crippen LogP contribution in [0.15, 0.2) is 35.1 Å². The van der Waals surface area contributed by atoms with E-state index in [1.807, 2.05) is 12.1 Å². The summed E-state index contributed by atoms with van der Waals surface area (Å²) in [6.45, 7) is 0.716. The van der Waals surface area contributed by atoms with Gasteiger partial charge in [-0.2, -0.15) is 0 Å². The molecule has 3 nitrogen and oxygen atoms in total. The summed E-state index contributed by atoms with van der Waals surface area (Å²) in [5.74, 6) is 0. The monoisotopic (exact) mass is 359 g/mol. The molecule has 0 radical (unpaired) electrons. The Morgan fingerprint density at radius 1 is 1.26 bits per heavy atom. The average Bonchev–Trinajstić information content (AvgIpc) is 2.35. The summed E-state index contributed by atoms with van der Waals surface area (Å²) in [5.41, 5.74) is 8.35. The van der Waals surface area contributed by atoms with E-state index in [1.54, 1.807) is 18.5 Å². The van der Waals surface area contributed by atoms with Crippen molar-refractivity contribution in [3.63, 3.8) is 0 Å². The summed E-state index contributed by atoms with van der Waals surface area (Å²) >= 11 is 15.4. The van der Waals surface area contributed by atoms with Crippen LogP contribution < -0.4 is 11.1 Å². The third-order valence-electron chi connectivity index (χ3n) is 2.64. The lowest BCUT2D eigenvalue weighted by molar-refractivity contribution is 1.02. The van der Waals surface area contributed by atoms with Gasteiger partial charge in [0, 0.05) is 22.8 Å². The Kier molecular flexibility index (Phi) is 4.91. The van der Waals surface area contributed by atoms with Crippen molar-refractivity contribution in [2.75, 3.05) is 17.6 Å². The molecule has 0 amide bonds. The number of nitrogen functional groups attached to an aromatic ring is 1. The maximum absolute atomic E-state index is 6.12. The van der Waals surface area contributed by atoms with Crippen LogP contribution in [0.3, 0.4) is 0 Å². The van der Waals surface area contributed by atoms with Crippen LogP contribution in [0.4, 0.5) is 11.4 Å². The summed E-state index contributed by atoms with van der Waals surface area (Å²) in [6, 6.07) is 5.51. The zero-order valence-electron chi connectivity index (χ0n) is 9.96. The minimum Gasteiger partial charge on any atom is -0.396 e. The lowest BCUT2D eigenvalue weighted by Crippen LogP contribution is -2.08. The lowest BCUT2D eigenvalue weighted by atomic mass is 10.1. The summed E-state index contributed by atoms with van der Waals surface area (Å²) in [6.07, 6.45) is 4.10. The van der Waals surface area contributed by atoms with Crippen molar-refractivity contribution in [1.29, 1.82) is 0 Å². The Labute approximate surface area is 130 Å². The van der Waals surface area contributed by atoms with Gasteiger partial charge in [0.25, 0.3) is 0 Å². The van der Waals surface area contributed by atoms with Crippen molar-refractivity contribution in [3.05, 3.63) is 50.7 Å². The number of nitrogens with two attached hydrogens (primary N) is 1. The molecule has 0 aliphatic heterocycles. The second-order valence-electron chi connectivity index (χ2n) is 4.00. The van der Waals surface area contributed by atoms with Crippen molar-refractivity contribution >= 4 is 50.5 Å². The smallest absolute Gasteiger partial charge is 0.0750 e. The Hall–Kier alpha value is -0.970. The quantitative estimate of drug-likeness (QED) is 0.850. The first-order chi connectivity index (χ1) is 9.08. The number of anilines is 2. The molecule has 0 saturated carbocycles. The Bertz CT molecular complexity index is 570. The molecule has 100 valence electrons. The fourth-order valence-corrected chi connectivity index (χ4v) is 2.67. The Morgan fingerprint density at radius 2 is 2.05 bits per heavy atom. The molecule has 3 N–H and O–H groups in total. The minimum absolute atomic E-state index is 0.608. The van der Waals surface area contributed by atoms with Crippen molar-refractivity contribution in [2.45, 2.75) is 6.42 Å². The third kappa shape index (κ3) is 3.75. The number of rotatable bonds is 4. The SMILES string of the molecule is Nc1cncc(Br)c1NCCc1ccc(Cl)cc1Cl. The van der Waals surface area contributed by atoms with Crippen LogP contribution in [0.2, 0.25) is 10.0 Å². The van der Waals surface area contributed by atoms with Crippen molar-refractivity contribution < 1.29 is 0 Å². The maximum Gasteiger partial charge on any atom is 0.0750 e. The topological polar surface area (TPSA) is 50.9 Å². The van der Waals surface area contributed by atoms with Crippen LogP contribution in [0.5, 0.6) is 0 Å². The molecule has 0 aliphatic carbocycles. The molecule has 2 aromatic rings. The highest BCUT2D eigenvalue weighted by atomic mass is 79.9. The molecule has 0 fully saturated rings. The van der Waals surface area contributed by atoms with Gasteiger partial charge in [0.15, 0.2) is 0 Å². The minimum atomic E-state index is 0.608. The van der Waals surface area contributed by atoms with Crippen LogP contribution in [0.1, 0.15) is 5.56 Å². The standard InChI is InChI=1S/C13H12BrCl2N3/c14-10-6-18-7-12(17)13(10)19-4-3-8-1-2-9(15)5-11(8)16/h1-2,5-7H,3-4,17H2,(H,18,19). The molecule has 0 saturated heterocycles. The van der Waals surface area contributed by atoms with Gasteiger partial charge in [-0.1, -0.05) is 29.3 Å². The predicted molar refractivity (Wildman–Crippen MR) is 85.0 cm³/mol. The lowest BCUT2D eigenvalue weighted by Gasteiger charge is -2.11. The molecule has 2 rings (SSSR count). The molecule has 0 bridgehead atoms. The summed E-state index contributed by atoms with van der Waals surface area (Å²) in [4.78, 5) is 3.99. The van der Waals surface area contributed by atoms with Gasteiger partial charge in [-0.3, -0.25) is 4.98 Å². The van der Waals surface area contributed by atoms with Gasteiger partial charge in [0.2, 0.25) is 0 Å². The molecule has 1 aromatic heterocycles. The molecule has 1 heterocycles. The number of hydrogen-bond donors (Lipinski definition) is 2. The summed E-state index contributed by atoms with van der Waals surface area (Å²) < 4.78 is 0.842. The van der Waals surface area contributed by atoms with Crippen LogP contribution in [0, 0.1) is 0 Å². The number of pyridine rings is 1. The zero-order chi connectivity index (χ0) is 13.8. The number of benzene rings is 1. The van der Waals surface area contributed by atoms with Gasteiger partial charge >= 0.3 is 0 Å². The molecular weight excluding hydrogens is 349 g/mol. The molecule has 1 aromatic carbocycles. The van der Waals surface area contributed by atoms with E-state index in [9.17, 15) is 0 Å². The molecule has 6 heteroatoms. The number of nitrogens with zero attached hydrogens (tertiary/aromatic N) is 1. The van der Waals surface area contributed by atoms with Crippen LogP contribution in [-0.4, -0.2) is 11.5 Å². The van der Waals surface area contributed by atoms with Gasteiger partial charge in [-0.05, 0) is 40.0 Å². The van der Waals surface area contributed by atoms with Crippen molar-refractivity contribution in [3.8, 4) is 0 Å². The molecular formula is C13H12BrCl2N3. The number of halogens is 3. The van der Waals surface area contributed by atoms with Crippen LogP contribution in [0.25, 0.3) is 0 Å². The molecule has 0 atom stereocenters. The average molecular weight is 361 g/mol. The summed E-state index contributed by atoms with van der Waals surface area (Å²) in [7, 11) is 0. The first-order valence-electron chi connectivity index (χ1n) is 5.64. The molecule has 0 spiro atoms. The van der Waals surface area contributed by atoms with Gasteiger partial charge in [0.05, 0.1) is 22.0 Å². The van der Waals surface area contributed by atoms with Crippen LogP contribution >= 0.6 is 39.1 Å². The van der Waals surface area contributed by atoms with Gasteiger partial charge < -0.3 is 11.1 Å². The Balaban J connectivity index is 2.00. The van der Waals surface area contributed by atoms with E-state index in [2.05, 4.69) is 26.2 Å². The molecule has 0 aliphatic rings. The highest BCUT2D eigenvalue weighted by molar-refractivity contribution is 9.10. The van der Waals surface area contributed by atoms with Crippen molar-refractivity contribution in [2.24, 2.45) is 0 Å². The van der Waals surface area contributed by atoms with Crippen LogP contribution in [-0.2, 0) is 6.42 Å². The number of hydrogen-bond acceptors (Lipinski definition) is 3. The molecule has 0 unspecified atom stereocenters. The second-order valence-corrected chi connectivity index (χ2v) is 5.70. The zero-order valence-corrected chi connectivity index (χ0v) is 13.1. The number of nitrogens with one attached hydrogen (secondary N) is 1. The van der Waals surface area contributed by atoms with E-state index in [-0.39, 0.29) is 0 Å². The fourth-order valence-electron chi connectivity index (χ4n) is 1.68. The first kappa shape index (κ1) is 14.4. The fraction of sp³-hybridized carbons (Fsp3) is 0.154. The second kappa shape index (κ2) is 6.46. The predicted octanol–water partition coefficient (Wildman–Crippen LogP) is 4.39. The third-order valence-corrected chi connectivity index (χ3v) is 3.83. The highest BCUT2D eigenvalue weighted by Crippen LogP contribution is 2.27. The summed E-state index contributed by atoms with van der Waals surface area (Å²) in [5, 5.41) is 4.59. The van der Waals surface area contributed by atoms with E-state index >= 15 is 0 Å². The normalized spacial score (nSPS) is 10.5. The largest absolute Gasteiger partial charge is 0.396 e. The van der Waals surface area contributed by atoms with Gasteiger partial charge in [-0.25, -0.2) is 0 Å². The number of aromatic nitrogens is 1. The van der Waals surface area contributed by atoms with Gasteiger partial charge in [0.1, 0.15) is 0 Å². The van der Waals surface area contributed by atoms with E-state index in [1.165, 1.54) is 0 Å². The maximum atomic E-state index is 6.12. The van der Waals surface area contributed by atoms with Crippen molar-refractivity contribution in [1.82, 2.24) is 4.98 Å². The van der Waals surface area contributed by atoms with E-state index in [0.717, 1.165) is 22.1 Å². The van der Waals surface area contributed by atoms with E-state index in [4.69, 9.17) is 28.9 Å². The molecule has 19 heavy (non-hydrogen) atoms. The van der Waals surface area contributed by atoms with E-state index < -0.39 is 0 Å². The van der Waals surface area contributed by atoms with Gasteiger partial charge in [-0.15, -0.1) is 0 Å². The van der Waals surface area contributed by atoms with E-state index in [0.29, 0.717) is 22.3 Å².